The molecule has 1 N–H and O–H groups in total. The van der Waals surface area contributed by atoms with Gasteiger partial charge in [0.05, 0.1) is 11.4 Å². The van der Waals surface area contributed by atoms with Crippen molar-refractivity contribution in [1.82, 2.24) is 24.5 Å². The molecule has 9 heteroatoms. The van der Waals surface area contributed by atoms with Crippen molar-refractivity contribution >= 4 is 29.4 Å². The topological polar surface area (TPSA) is 80.9 Å². The first-order valence-corrected chi connectivity index (χ1v) is 10.6. The Morgan fingerprint density at radius 1 is 1.22 bits per heavy atom. The van der Waals surface area contributed by atoms with E-state index in [9.17, 15) is 4.79 Å². The van der Waals surface area contributed by atoms with Gasteiger partial charge in [0.1, 0.15) is 5.82 Å². The molecule has 146 valence electrons. The van der Waals surface area contributed by atoms with Gasteiger partial charge in [0.15, 0.2) is 5.16 Å². The SMILES string of the molecule is CC(C)n1nccc1NC(=O)[C@@H](C)Sc1nnc(N2CCCC2)n1C1CC1. The van der Waals surface area contributed by atoms with E-state index in [1.165, 1.54) is 37.4 Å². The first-order chi connectivity index (χ1) is 13.0. The Bertz CT molecular complexity index is 804. The lowest BCUT2D eigenvalue weighted by Crippen LogP contribution is -2.25. The molecule has 2 fully saturated rings. The standard InChI is InChI=1S/C18H27N7OS/c1-12(2)25-15(8-9-19-25)20-16(26)13(3)27-18-22-21-17(23-10-4-5-11-23)24(18)14-6-7-14/h8-9,12-14H,4-7,10-11H2,1-3H3,(H,20,26)/t13-/m1/s1. The van der Waals surface area contributed by atoms with E-state index in [1.54, 1.807) is 6.20 Å². The number of carbonyl (C=O) groups is 1. The number of aromatic nitrogens is 5. The first-order valence-electron chi connectivity index (χ1n) is 9.75. The van der Waals surface area contributed by atoms with Gasteiger partial charge in [0, 0.05) is 31.2 Å². The smallest absolute Gasteiger partial charge is 0.238 e. The second-order valence-electron chi connectivity index (χ2n) is 7.58. The number of hydrogen-bond acceptors (Lipinski definition) is 6. The quantitative estimate of drug-likeness (QED) is 0.733. The Morgan fingerprint density at radius 2 is 1.96 bits per heavy atom. The average molecular weight is 390 g/mol. The maximum atomic E-state index is 12.7. The summed E-state index contributed by atoms with van der Waals surface area (Å²) in [5, 5.41) is 16.7. The zero-order valence-electron chi connectivity index (χ0n) is 16.1. The van der Waals surface area contributed by atoms with Crippen molar-refractivity contribution < 1.29 is 4.79 Å². The Balaban J connectivity index is 1.47. The van der Waals surface area contributed by atoms with E-state index in [0.29, 0.717) is 6.04 Å². The van der Waals surface area contributed by atoms with E-state index in [-0.39, 0.29) is 17.2 Å². The molecule has 4 rings (SSSR count). The van der Waals surface area contributed by atoms with Gasteiger partial charge in [0.2, 0.25) is 11.9 Å². The van der Waals surface area contributed by atoms with Gasteiger partial charge < -0.3 is 10.2 Å². The largest absolute Gasteiger partial charge is 0.341 e. The minimum absolute atomic E-state index is 0.0459. The maximum absolute atomic E-state index is 12.7. The third kappa shape index (κ3) is 3.83. The number of hydrogen-bond donors (Lipinski definition) is 1. The van der Waals surface area contributed by atoms with E-state index >= 15 is 0 Å². The van der Waals surface area contributed by atoms with Crippen molar-refractivity contribution in [3.05, 3.63) is 12.3 Å². The molecule has 1 amide bonds. The fraction of sp³-hybridized carbons (Fsp3) is 0.667. The molecule has 8 nitrogen and oxygen atoms in total. The van der Waals surface area contributed by atoms with Crippen molar-refractivity contribution in [2.24, 2.45) is 0 Å². The van der Waals surface area contributed by atoms with Crippen LogP contribution in [0.2, 0.25) is 0 Å². The van der Waals surface area contributed by atoms with Crippen LogP contribution in [0.5, 0.6) is 0 Å². The van der Waals surface area contributed by atoms with Crippen LogP contribution < -0.4 is 10.2 Å². The second kappa shape index (κ2) is 7.53. The summed E-state index contributed by atoms with van der Waals surface area (Å²) in [5.74, 6) is 1.65. The van der Waals surface area contributed by atoms with Crippen LogP contribution in [-0.4, -0.2) is 48.8 Å². The molecule has 0 unspecified atom stereocenters. The molecule has 1 aliphatic carbocycles. The van der Waals surface area contributed by atoms with Crippen LogP contribution in [0.4, 0.5) is 11.8 Å². The fourth-order valence-corrected chi connectivity index (χ4v) is 4.31. The van der Waals surface area contributed by atoms with Crippen molar-refractivity contribution in [2.75, 3.05) is 23.3 Å². The zero-order chi connectivity index (χ0) is 19.0. The van der Waals surface area contributed by atoms with Gasteiger partial charge >= 0.3 is 0 Å². The molecule has 2 aromatic rings. The molecule has 2 aliphatic rings. The van der Waals surface area contributed by atoms with Crippen LogP contribution in [0.1, 0.15) is 58.5 Å². The van der Waals surface area contributed by atoms with E-state index in [4.69, 9.17) is 0 Å². The maximum Gasteiger partial charge on any atom is 0.238 e. The molecule has 3 heterocycles. The van der Waals surface area contributed by atoms with Crippen molar-refractivity contribution in [3.8, 4) is 0 Å². The number of nitrogens with zero attached hydrogens (tertiary/aromatic N) is 6. The highest BCUT2D eigenvalue weighted by atomic mass is 32.2. The van der Waals surface area contributed by atoms with Gasteiger partial charge in [-0.1, -0.05) is 11.8 Å². The molecule has 1 saturated heterocycles. The average Bonchev–Trinajstić information content (AvgIpc) is 3.06. The fourth-order valence-electron chi connectivity index (χ4n) is 3.40. The summed E-state index contributed by atoms with van der Waals surface area (Å²) in [5.41, 5.74) is 0. The second-order valence-corrected chi connectivity index (χ2v) is 8.89. The molecule has 0 radical (unpaired) electrons. The Morgan fingerprint density at radius 3 is 2.63 bits per heavy atom. The normalized spacial score (nSPS) is 18.3. The molecule has 0 bridgehead atoms. The highest BCUT2D eigenvalue weighted by Crippen LogP contribution is 2.42. The number of thioether (sulfide) groups is 1. The number of anilines is 2. The summed E-state index contributed by atoms with van der Waals surface area (Å²) in [6.45, 7) is 8.09. The van der Waals surface area contributed by atoms with Crippen molar-refractivity contribution in [2.45, 2.75) is 68.9 Å². The summed E-state index contributed by atoms with van der Waals surface area (Å²) in [7, 11) is 0. The molecule has 27 heavy (non-hydrogen) atoms. The monoisotopic (exact) mass is 389 g/mol. The van der Waals surface area contributed by atoms with E-state index in [0.717, 1.165) is 30.0 Å². The highest BCUT2D eigenvalue weighted by molar-refractivity contribution is 8.00. The summed E-state index contributed by atoms with van der Waals surface area (Å²) < 4.78 is 4.06. The zero-order valence-corrected chi connectivity index (χ0v) is 16.9. The van der Waals surface area contributed by atoms with E-state index in [1.807, 2.05) is 31.5 Å². The van der Waals surface area contributed by atoms with Crippen molar-refractivity contribution in [1.29, 1.82) is 0 Å². The van der Waals surface area contributed by atoms with Crippen LogP contribution in [0.15, 0.2) is 17.4 Å². The lowest BCUT2D eigenvalue weighted by molar-refractivity contribution is -0.115. The van der Waals surface area contributed by atoms with Gasteiger partial charge in [-0.25, -0.2) is 4.68 Å². The summed E-state index contributed by atoms with van der Waals surface area (Å²) in [4.78, 5) is 15.0. The third-order valence-corrected chi connectivity index (χ3v) is 6.07. The summed E-state index contributed by atoms with van der Waals surface area (Å²) in [6, 6.07) is 2.50. The van der Waals surface area contributed by atoms with Crippen molar-refractivity contribution in [3.63, 3.8) is 0 Å². The predicted molar refractivity (Wildman–Crippen MR) is 106 cm³/mol. The number of carbonyl (C=O) groups excluding carboxylic acids is 1. The van der Waals surface area contributed by atoms with Crippen LogP contribution in [-0.2, 0) is 4.79 Å². The van der Waals surface area contributed by atoms with E-state index in [2.05, 4.69) is 30.1 Å². The molecular formula is C18H27N7OS. The van der Waals surface area contributed by atoms with E-state index < -0.39 is 0 Å². The van der Waals surface area contributed by atoms with Crippen LogP contribution in [0.3, 0.4) is 0 Å². The van der Waals surface area contributed by atoms with Gasteiger partial charge in [-0.2, -0.15) is 5.10 Å². The summed E-state index contributed by atoms with van der Waals surface area (Å²) in [6.07, 6.45) is 6.46. The first kappa shape index (κ1) is 18.3. The van der Waals surface area contributed by atoms with Gasteiger partial charge in [-0.15, -0.1) is 10.2 Å². The lowest BCUT2D eigenvalue weighted by atomic mass is 10.4. The lowest BCUT2D eigenvalue weighted by Gasteiger charge is -2.19. The number of rotatable bonds is 7. The van der Waals surface area contributed by atoms with Gasteiger partial charge in [0.25, 0.3) is 0 Å². The third-order valence-electron chi connectivity index (χ3n) is 5.01. The molecule has 0 aromatic carbocycles. The summed E-state index contributed by atoms with van der Waals surface area (Å²) >= 11 is 1.48. The van der Waals surface area contributed by atoms with Crippen LogP contribution in [0.25, 0.3) is 0 Å². The molecular weight excluding hydrogens is 362 g/mol. The molecule has 2 aromatic heterocycles. The van der Waals surface area contributed by atoms with Gasteiger partial charge in [-0.05, 0) is 46.5 Å². The Hall–Kier alpha value is -2.03. The van der Waals surface area contributed by atoms with Gasteiger partial charge in [-0.3, -0.25) is 9.36 Å². The predicted octanol–water partition coefficient (Wildman–Crippen LogP) is 3.11. The Labute approximate surface area is 163 Å². The molecule has 1 aliphatic heterocycles. The molecule has 0 spiro atoms. The van der Waals surface area contributed by atoms with Crippen LogP contribution >= 0.6 is 11.8 Å². The minimum Gasteiger partial charge on any atom is -0.341 e. The molecule has 1 atom stereocenters. The highest BCUT2D eigenvalue weighted by Gasteiger charge is 2.33. The molecule has 1 saturated carbocycles. The van der Waals surface area contributed by atoms with Crippen LogP contribution in [0, 0.1) is 0 Å². The number of amides is 1. The number of nitrogens with one attached hydrogen (secondary N) is 1. The minimum atomic E-state index is -0.270. The Kier molecular flexibility index (Phi) is 5.12.